The summed E-state index contributed by atoms with van der Waals surface area (Å²) in [6.45, 7) is 6.09. The second-order valence-electron chi connectivity index (χ2n) is 3.28. The highest BCUT2D eigenvalue weighted by molar-refractivity contribution is 5.18. The van der Waals surface area contributed by atoms with Gasteiger partial charge in [-0.2, -0.15) is 0 Å². The van der Waals surface area contributed by atoms with Crippen molar-refractivity contribution in [3.8, 4) is 0 Å². The van der Waals surface area contributed by atoms with Crippen molar-refractivity contribution in [2.75, 3.05) is 25.6 Å². The van der Waals surface area contributed by atoms with E-state index in [1.54, 1.807) is 7.11 Å². The Hall–Kier alpha value is -1.14. The Labute approximate surface area is 89.4 Å². The maximum absolute atomic E-state index is 5.35. The molecule has 1 rings (SSSR count). The first-order valence-electron chi connectivity index (χ1n) is 5.04. The quantitative estimate of drug-likeness (QED) is 0.693. The zero-order valence-corrected chi connectivity index (χ0v) is 9.41. The molecule has 6 heteroatoms. The summed E-state index contributed by atoms with van der Waals surface area (Å²) in [4.78, 5) is 0. The Bertz CT molecular complexity index is 277. The van der Waals surface area contributed by atoms with E-state index in [4.69, 9.17) is 9.15 Å². The highest BCUT2D eigenvalue weighted by atomic mass is 16.5. The van der Waals surface area contributed by atoms with Gasteiger partial charge in [0, 0.05) is 7.11 Å². The highest BCUT2D eigenvalue weighted by Crippen LogP contribution is 2.06. The van der Waals surface area contributed by atoms with Crippen molar-refractivity contribution in [3.05, 3.63) is 5.89 Å². The molecule has 0 saturated heterocycles. The second kappa shape index (κ2) is 6.36. The van der Waals surface area contributed by atoms with Crippen LogP contribution in [0, 0.1) is 0 Å². The number of aromatic nitrogens is 2. The van der Waals surface area contributed by atoms with Crippen molar-refractivity contribution in [1.29, 1.82) is 0 Å². The number of rotatable bonds is 7. The lowest BCUT2D eigenvalue weighted by molar-refractivity contribution is 0.189. The van der Waals surface area contributed by atoms with E-state index in [1.807, 2.05) is 13.8 Å². The van der Waals surface area contributed by atoms with Gasteiger partial charge in [-0.3, -0.25) is 0 Å². The molecule has 0 aromatic carbocycles. The highest BCUT2D eigenvalue weighted by Gasteiger charge is 2.08. The normalized spacial score (nSPS) is 12.7. The van der Waals surface area contributed by atoms with Gasteiger partial charge in [0.05, 0.1) is 19.2 Å². The van der Waals surface area contributed by atoms with Crippen LogP contribution in [0.2, 0.25) is 0 Å². The third-order valence-electron chi connectivity index (χ3n) is 1.78. The molecule has 2 N–H and O–H groups in total. The van der Waals surface area contributed by atoms with E-state index in [2.05, 4.69) is 20.8 Å². The van der Waals surface area contributed by atoms with E-state index in [0.717, 1.165) is 6.54 Å². The number of hydrogen-bond acceptors (Lipinski definition) is 6. The van der Waals surface area contributed by atoms with Crippen molar-refractivity contribution in [3.63, 3.8) is 0 Å². The molecule has 0 amide bonds. The molecule has 86 valence electrons. The summed E-state index contributed by atoms with van der Waals surface area (Å²) >= 11 is 0. The minimum Gasteiger partial charge on any atom is -0.407 e. The van der Waals surface area contributed by atoms with Crippen LogP contribution in [0.3, 0.4) is 0 Å². The average Bonchev–Trinajstić information content (AvgIpc) is 2.63. The average molecular weight is 214 g/mol. The fraction of sp³-hybridized carbons (Fsp3) is 0.778. The van der Waals surface area contributed by atoms with Crippen LogP contribution < -0.4 is 10.6 Å². The minimum atomic E-state index is 0.155. The summed E-state index contributed by atoms with van der Waals surface area (Å²) in [6.07, 6.45) is 0. The van der Waals surface area contributed by atoms with E-state index in [0.29, 0.717) is 25.1 Å². The van der Waals surface area contributed by atoms with Crippen molar-refractivity contribution in [2.45, 2.75) is 26.4 Å². The fourth-order valence-corrected chi connectivity index (χ4v) is 1.12. The molecule has 1 atom stereocenters. The zero-order valence-electron chi connectivity index (χ0n) is 9.41. The van der Waals surface area contributed by atoms with Crippen LogP contribution >= 0.6 is 0 Å². The summed E-state index contributed by atoms with van der Waals surface area (Å²) < 4.78 is 10.3. The first-order chi connectivity index (χ1) is 7.26. The van der Waals surface area contributed by atoms with Crippen LogP contribution in [-0.4, -0.2) is 36.5 Å². The molecule has 0 aliphatic rings. The van der Waals surface area contributed by atoms with Crippen molar-refractivity contribution in [1.82, 2.24) is 15.5 Å². The van der Waals surface area contributed by atoms with E-state index < -0.39 is 0 Å². The van der Waals surface area contributed by atoms with Gasteiger partial charge in [-0.25, -0.2) is 0 Å². The van der Waals surface area contributed by atoms with E-state index in [-0.39, 0.29) is 6.04 Å². The molecule has 1 aromatic heterocycles. The lowest BCUT2D eigenvalue weighted by Crippen LogP contribution is -2.20. The maximum Gasteiger partial charge on any atom is 0.315 e. The van der Waals surface area contributed by atoms with E-state index in [1.165, 1.54) is 0 Å². The predicted molar refractivity (Wildman–Crippen MR) is 56.6 cm³/mol. The monoisotopic (exact) mass is 214 g/mol. The third-order valence-corrected chi connectivity index (χ3v) is 1.78. The summed E-state index contributed by atoms with van der Waals surface area (Å²) in [5, 5.41) is 13.9. The number of nitrogens with zero attached hydrogens (tertiary/aromatic N) is 2. The van der Waals surface area contributed by atoms with Crippen LogP contribution in [0.4, 0.5) is 6.01 Å². The van der Waals surface area contributed by atoms with Crippen molar-refractivity contribution < 1.29 is 9.15 Å². The predicted octanol–water partition coefficient (Wildman–Crippen LogP) is 0.626. The van der Waals surface area contributed by atoms with Gasteiger partial charge in [0.15, 0.2) is 0 Å². The first-order valence-corrected chi connectivity index (χ1v) is 5.04. The lowest BCUT2D eigenvalue weighted by atomic mass is 10.4. The Morgan fingerprint density at radius 1 is 1.47 bits per heavy atom. The molecule has 15 heavy (non-hydrogen) atoms. The Kier molecular flexibility index (Phi) is 5.06. The lowest BCUT2D eigenvalue weighted by Gasteiger charge is -2.09. The van der Waals surface area contributed by atoms with Gasteiger partial charge in [-0.05, 0) is 13.5 Å². The largest absolute Gasteiger partial charge is 0.407 e. The molecule has 0 aliphatic carbocycles. The summed E-state index contributed by atoms with van der Waals surface area (Å²) in [5.41, 5.74) is 0. The zero-order chi connectivity index (χ0) is 11.1. The smallest absolute Gasteiger partial charge is 0.315 e. The molecule has 1 unspecified atom stereocenters. The molecule has 0 aliphatic heterocycles. The SMILES string of the molecule is CCNCc1nnc(NC(C)COC)o1. The number of hydrogen-bond donors (Lipinski definition) is 2. The number of anilines is 1. The Morgan fingerprint density at radius 3 is 2.93 bits per heavy atom. The third kappa shape index (κ3) is 4.26. The summed E-state index contributed by atoms with van der Waals surface area (Å²) in [5.74, 6) is 0.587. The van der Waals surface area contributed by atoms with Gasteiger partial charge >= 0.3 is 6.01 Å². The molecule has 1 heterocycles. The molecular weight excluding hydrogens is 196 g/mol. The first kappa shape index (κ1) is 11.9. The summed E-state index contributed by atoms with van der Waals surface area (Å²) in [7, 11) is 1.66. The molecular formula is C9H18N4O2. The molecule has 0 fully saturated rings. The molecule has 0 saturated carbocycles. The molecule has 0 bridgehead atoms. The van der Waals surface area contributed by atoms with Crippen molar-refractivity contribution >= 4 is 6.01 Å². The van der Waals surface area contributed by atoms with Crippen LogP contribution in [-0.2, 0) is 11.3 Å². The Morgan fingerprint density at radius 2 is 2.27 bits per heavy atom. The van der Waals surface area contributed by atoms with Crippen molar-refractivity contribution in [2.24, 2.45) is 0 Å². The maximum atomic E-state index is 5.35. The van der Waals surface area contributed by atoms with Gasteiger partial charge in [0.25, 0.3) is 0 Å². The van der Waals surface area contributed by atoms with Crippen LogP contribution in [0.5, 0.6) is 0 Å². The van der Waals surface area contributed by atoms with Crippen LogP contribution in [0.1, 0.15) is 19.7 Å². The van der Waals surface area contributed by atoms with E-state index >= 15 is 0 Å². The fourth-order valence-electron chi connectivity index (χ4n) is 1.12. The standard InChI is InChI=1S/C9H18N4O2/c1-4-10-5-8-12-13-9(15-8)11-7(2)6-14-3/h7,10H,4-6H2,1-3H3,(H,11,13). The topological polar surface area (TPSA) is 72.2 Å². The Balaban J connectivity index is 2.38. The van der Waals surface area contributed by atoms with Gasteiger partial charge in [0.1, 0.15) is 0 Å². The van der Waals surface area contributed by atoms with Crippen LogP contribution in [0.25, 0.3) is 0 Å². The minimum absolute atomic E-state index is 0.155. The van der Waals surface area contributed by atoms with Gasteiger partial charge < -0.3 is 19.8 Å². The van der Waals surface area contributed by atoms with Crippen LogP contribution in [0.15, 0.2) is 4.42 Å². The molecule has 0 spiro atoms. The molecule has 1 aromatic rings. The number of methoxy groups -OCH3 is 1. The van der Waals surface area contributed by atoms with E-state index in [9.17, 15) is 0 Å². The van der Waals surface area contributed by atoms with Gasteiger partial charge in [-0.15, -0.1) is 5.10 Å². The van der Waals surface area contributed by atoms with Gasteiger partial charge in [0.2, 0.25) is 5.89 Å². The summed E-state index contributed by atoms with van der Waals surface area (Å²) in [6, 6.07) is 0.592. The second-order valence-corrected chi connectivity index (χ2v) is 3.28. The molecule has 0 radical (unpaired) electrons. The molecule has 6 nitrogen and oxygen atoms in total. The number of ether oxygens (including phenoxy) is 1. The number of nitrogens with one attached hydrogen (secondary N) is 2. The van der Waals surface area contributed by atoms with Gasteiger partial charge in [-0.1, -0.05) is 12.0 Å².